The van der Waals surface area contributed by atoms with Crippen LogP contribution in [-0.2, 0) is 4.43 Å². The third-order valence-corrected chi connectivity index (χ3v) is 12.9. The molecule has 5 rings (SSSR count). The van der Waals surface area contributed by atoms with E-state index < -0.39 is 8.32 Å². The van der Waals surface area contributed by atoms with Gasteiger partial charge in [0.1, 0.15) is 12.0 Å². The molecule has 7 nitrogen and oxygen atoms in total. The minimum atomic E-state index is -1.86. The summed E-state index contributed by atoms with van der Waals surface area (Å²) in [7, 11) is -1.86. The summed E-state index contributed by atoms with van der Waals surface area (Å²) in [4.78, 5) is 8.58. The van der Waals surface area contributed by atoms with Crippen molar-refractivity contribution in [3.8, 4) is 33.8 Å². The molecule has 0 spiro atoms. The van der Waals surface area contributed by atoms with Gasteiger partial charge >= 0.3 is 0 Å². The fourth-order valence-electron chi connectivity index (χ4n) is 4.96. The van der Waals surface area contributed by atoms with E-state index in [1.165, 1.54) is 6.33 Å². The fourth-order valence-corrected chi connectivity index (χ4v) is 6.89. The molecule has 0 unspecified atom stereocenters. The molecule has 3 heterocycles. The van der Waals surface area contributed by atoms with Crippen molar-refractivity contribution in [1.29, 1.82) is 0 Å². The van der Waals surface area contributed by atoms with Gasteiger partial charge < -0.3 is 8.95 Å². The Hall–Kier alpha value is -2.81. The van der Waals surface area contributed by atoms with Gasteiger partial charge in [-0.25, -0.2) is 9.97 Å². The topological polar surface area (TPSA) is 78.9 Å². The van der Waals surface area contributed by atoms with Crippen LogP contribution in [-0.4, -0.2) is 38.8 Å². The Labute approximate surface area is 224 Å². The van der Waals surface area contributed by atoms with Crippen LogP contribution in [0.5, 0.6) is 0 Å². The molecule has 1 saturated carbocycles. The molecule has 1 aromatic carbocycles. The molecule has 194 valence electrons. The van der Waals surface area contributed by atoms with E-state index in [1.807, 2.05) is 36.5 Å². The predicted molar refractivity (Wildman–Crippen MR) is 149 cm³/mol. The second-order valence-electron chi connectivity index (χ2n) is 11.8. The van der Waals surface area contributed by atoms with E-state index in [4.69, 9.17) is 25.6 Å². The third kappa shape index (κ3) is 4.66. The Morgan fingerprint density at radius 1 is 1.14 bits per heavy atom. The fraction of sp³-hybridized carbons (Fsp3) is 0.429. The minimum Gasteiger partial charge on any atom is -0.411 e. The Morgan fingerprint density at radius 3 is 2.51 bits per heavy atom. The summed E-state index contributed by atoms with van der Waals surface area (Å²) in [5, 5.41) is 10.0. The van der Waals surface area contributed by atoms with Crippen LogP contribution < -0.4 is 0 Å². The first-order valence-electron chi connectivity index (χ1n) is 12.7. The number of halogens is 1. The summed E-state index contributed by atoms with van der Waals surface area (Å²) in [6.07, 6.45) is 6.96. The average molecular weight is 536 g/mol. The second-order valence-corrected chi connectivity index (χ2v) is 16.9. The third-order valence-electron chi connectivity index (χ3n) is 7.94. The van der Waals surface area contributed by atoms with E-state index in [2.05, 4.69) is 67.5 Å². The van der Waals surface area contributed by atoms with Gasteiger partial charge in [-0.15, -0.1) is 0 Å². The van der Waals surface area contributed by atoms with Crippen molar-refractivity contribution in [2.24, 2.45) is 0 Å². The molecule has 0 amide bonds. The lowest BCUT2D eigenvalue weighted by Gasteiger charge is -2.52. The van der Waals surface area contributed by atoms with Crippen molar-refractivity contribution in [3.63, 3.8) is 0 Å². The predicted octanol–water partition coefficient (Wildman–Crippen LogP) is 7.74. The first-order chi connectivity index (χ1) is 17.4. The van der Waals surface area contributed by atoms with Gasteiger partial charge in [-0.2, -0.15) is 5.10 Å². The van der Waals surface area contributed by atoms with Crippen LogP contribution >= 0.6 is 11.6 Å². The normalized spacial score (nSPS) is 20.2. The first kappa shape index (κ1) is 25.8. The maximum absolute atomic E-state index is 6.79. The lowest BCUT2D eigenvalue weighted by molar-refractivity contribution is -0.0429. The lowest BCUT2D eigenvalue weighted by atomic mass is 9.77. The van der Waals surface area contributed by atoms with Crippen LogP contribution in [0.2, 0.25) is 23.2 Å². The molecular weight excluding hydrogens is 502 g/mol. The van der Waals surface area contributed by atoms with Crippen molar-refractivity contribution in [1.82, 2.24) is 24.9 Å². The van der Waals surface area contributed by atoms with E-state index >= 15 is 0 Å². The maximum Gasteiger partial charge on any atom is 0.192 e. The molecule has 0 N–H and O–H groups in total. The minimum absolute atomic E-state index is 0.123. The molecule has 0 atom stereocenters. The van der Waals surface area contributed by atoms with Crippen LogP contribution in [0.1, 0.15) is 52.3 Å². The van der Waals surface area contributed by atoms with E-state index in [9.17, 15) is 0 Å². The van der Waals surface area contributed by atoms with Crippen LogP contribution in [0.15, 0.2) is 53.6 Å². The van der Waals surface area contributed by atoms with Crippen molar-refractivity contribution < 1.29 is 8.95 Å². The summed E-state index contributed by atoms with van der Waals surface area (Å²) in [5.74, 6) is 0.622. The number of aromatic nitrogens is 5. The molecule has 37 heavy (non-hydrogen) atoms. The Kier molecular flexibility index (Phi) is 6.41. The highest BCUT2D eigenvalue weighted by Gasteiger charge is 2.50. The smallest absolute Gasteiger partial charge is 0.192 e. The Bertz CT molecular complexity index is 1420. The largest absolute Gasteiger partial charge is 0.411 e. The Morgan fingerprint density at radius 2 is 1.86 bits per heavy atom. The molecular formula is C28H34ClN5O2Si. The molecule has 0 saturated heterocycles. The first-order valence-corrected chi connectivity index (χ1v) is 15.9. The van der Waals surface area contributed by atoms with E-state index in [-0.39, 0.29) is 16.7 Å². The molecule has 0 aliphatic heterocycles. The monoisotopic (exact) mass is 535 g/mol. The maximum atomic E-state index is 6.79. The molecule has 0 bridgehead atoms. The average Bonchev–Trinajstić information content (AvgIpc) is 3.40. The van der Waals surface area contributed by atoms with Gasteiger partial charge in [0, 0.05) is 17.5 Å². The SMILES string of the molecule is Cc1c(-c2onc(-c3ccccc3Cl)c2-c2ccncn2)cnn1C1CC(C)(O[Si](C)(C)C(C)(C)C)C1. The lowest BCUT2D eigenvalue weighted by Crippen LogP contribution is -2.54. The highest BCUT2D eigenvalue weighted by Crippen LogP contribution is 2.50. The van der Waals surface area contributed by atoms with Gasteiger partial charge in [-0.1, -0.05) is 55.7 Å². The van der Waals surface area contributed by atoms with Crippen LogP contribution in [0, 0.1) is 6.92 Å². The van der Waals surface area contributed by atoms with Gasteiger partial charge in [-0.05, 0) is 57.0 Å². The van der Waals surface area contributed by atoms with E-state index in [1.54, 1.807) is 6.20 Å². The van der Waals surface area contributed by atoms with Crippen LogP contribution in [0.3, 0.4) is 0 Å². The molecule has 1 aliphatic rings. The molecule has 0 radical (unpaired) electrons. The van der Waals surface area contributed by atoms with Crippen LogP contribution in [0.25, 0.3) is 33.8 Å². The van der Waals surface area contributed by atoms with Crippen molar-refractivity contribution in [2.45, 2.75) is 77.2 Å². The zero-order chi connectivity index (χ0) is 26.6. The van der Waals surface area contributed by atoms with Crippen molar-refractivity contribution >= 4 is 19.9 Å². The van der Waals surface area contributed by atoms with Gasteiger partial charge in [0.2, 0.25) is 0 Å². The van der Waals surface area contributed by atoms with Crippen LogP contribution in [0.4, 0.5) is 0 Å². The number of hydrogen-bond donors (Lipinski definition) is 0. The summed E-state index contributed by atoms with van der Waals surface area (Å²) in [6.45, 7) is 15.8. The summed E-state index contributed by atoms with van der Waals surface area (Å²) < 4.78 is 14.9. The van der Waals surface area contributed by atoms with Crippen molar-refractivity contribution in [3.05, 3.63) is 59.8 Å². The molecule has 9 heteroatoms. The molecule has 3 aromatic heterocycles. The van der Waals surface area contributed by atoms with E-state index in [0.717, 1.165) is 35.2 Å². The highest BCUT2D eigenvalue weighted by atomic mass is 35.5. The Balaban J connectivity index is 1.48. The van der Waals surface area contributed by atoms with Gasteiger partial charge in [0.25, 0.3) is 0 Å². The zero-order valence-electron chi connectivity index (χ0n) is 22.5. The summed E-state index contributed by atoms with van der Waals surface area (Å²) in [5.41, 5.74) is 4.71. The molecule has 1 aliphatic carbocycles. The quantitative estimate of drug-likeness (QED) is 0.235. The summed E-state index contributed by atoms with van der Waals surface area (Å²) >= 11 is 6.54. The van der Waals surface area contributed by atoms with Gasteiger partial charge in [0.05, 0.1) is 39.7 Å². The number of rotatable bonds is 6. The standard InChI is InChI=1S/C28H34ClN5O2Si/c1-18-21(16-32-34(18)19-14-28(5,15-19)36-37(6,7)27(2,3)4)26-24(23-12-13-30-17-31-23)25(33-35-26)20-10-8-9-11-22(20)29/h8-13,16-17,19H,14-15H2,1-7H3. The number of benzene rings is 1. The van der Waals surface area contributed by atoms with E-state index in [0.29, 0.717) is 22.2 Å². The van der Waals surface area contributed by atoms with Gasteiger partial charge in [-0.3, -0.25) is 4.68 Å². The van der Waals surface area contributed by atoms with Crippen molar-refractivity contribution in [2.75, 3.05) is 0 Å². The summed E-state index contributed by atoms with van der Waals surface area (Å²) in [6, 6.07) is 9.73. The number of hydrogen-bond acceptors (Lipinski definition) is 6. The zero-order valence-corrected chi connectivity index (χ0v) is 24.3. The number of nitrogens with zero attached hydrogens (tertiary/aromatic N) is 5. The second kappa shape index (κ2) is 9.18. The molecule has 4 aromatic rings. The highest BCUT2D eigenvalue weighted by molar-refractivity contribution is 6.74. The molecule has 1 fully saturated rings. The van der Waals surface area contributed by atoms with Gasteiger partial charge in [0.15, 0.2) is 14.1 Å².